The smallest absolute Gasteiger partial charge is 0.260 e. The van der Waals surface area contributed by atoms with E-state index in [2.05, 4.69) is 15.0 Å². The number of rotatable bonds is 6. The monoisotopic (exact) mass is 612 g/mol. The molecular weight excluding hydrogens is 587 g/mol. The average molecular weight is 614 g/mol. The van der Waals surface area contributed by atoms with E-state index in [0.29, 0.717) is 28.6 Å². The van der Waals surface area contributed by atoms with Crippen LogP contribution in [0.1, 0.15) is 25.3 Å². The molecule has 2 aromatic carbocycles. The van der Waals surface area contributed by atoms with Crippen molar-refractivity contribution < 1.29 is 18.3 Å². The van der Waals surface area contributed by atoms with Gasteiger partial charge < -0.3 is 5.11 Å². The summed E-state index contributed by atoms with van der Waals surface area (Å²) in [6.45, 7) is 2.06. The molecule has 13 heteroatoms. The molecule has 212 valence electrons. The summed E-state index contributed by atoms with van der Waals surface area (Å²) in [5.74, 6) is -0.213. The molecule has 1 N–H and O–H groups in total. The van der Waals surface area contributed by atoms with Crippen LogP contribution in [0.2, 0.25) is 10.0 Å². The SMILES string of the molecule is C[C@@]1(Cc2ccc(-c3cncnc3)cc2)C(=O)N(c2cc(Cl)cc(Cl)c2)c2ncc(S(=O)(=O)N3CCC(O)CC3)n21. The summed E-state index contributed by atoms with van der Waals surface area (Å²) in [5, 5.41) is 10.5. The second-order valence-electron chi connectivity index (χ2n) is 10.4. The standard InChI is InChI=1S/C28H26Cl2N6O4S/c1-28(13-18-2-4-19(5-3-18)20-14-31-17-32-15-20)26(38)35(23-11-21(29)10-22(30)12-23)27-33-16-25(36(27)28)41(39,40)34-8-6-24(37)7-9-34/h2-5,10-12,14-17,24,37H,6-9,13H2,1H3/t28-/m1/s1. The van der Waals surface area contributed by atoms with E-state index in [0.717, 1.165) is 16.7 Å². The Labute approximate surface area is 247 Å². The van der Waals surface area contributed by atoms with Gasteiger partial charge in [-0.2, -0.15) is 4.31 Å². The topological polar surface area (TPSA) is 122 Å². The Morgan fingerprint density at radius 1 is 0.976 bits per heavy atom. The number of aliphatic hydroxyl groups excluding tert-OH is 1. The highest BCUT2D eigenvalue weighted by Gasteiger charge is 2.52. The maximum absolute atomic E-state index is 14.3. The molecule has 4 heterocycles. The molecule has 1 saturated heterocycles. The summed E-state index contributed by atoms with van der Waals surface area (Å²) in [5.41, 5.74) is 1.61. The Morgan fingerprint density at radius 3 is 2.24 bits per heavy atom. The Hall–Kier alpha value is -3.35. The van der Waals surface area contributed by atoms with Crippen LogP contribution in [0.3, 0.4) is 0 Å². The van der Waals surface area contributed by atoms with Gasteiger partial charge >= 0.3 is 0 Å². The molecule has 0 spiro atoms. The number of amides is 1. The summed E-state index contributed by atoms with van der Waals surface area (Å²) in [4.78, 5) is 28.2. The fourth-order valence-electron chi connectivity index (χ4n) is 5.49. The highest BCUT2D eigenvalue weighted by Crippen LogP contribution is 2.45. The van der Waals surface area contributed by atoms with E-state index in [9.17, 15) is 18.3 Å². The molecule has 1 atom stereocenters. The lowest BCUT2D eigenvalue weighted by atomic mass is 9.91. The van der Waals surface area contributed by atoms with E-state index in [1.165, 1.54) is 26.3 Å². The normalized spacial score (nSPS) is 20.0. The quantitative estimate of drug-likeness (QED) is 0.342. The molecule has 41 heavy (non-hydrogen) atoms. The van der Waals surface area contributed by atoms with Crippen LogP contribution in [-0.4, -0.2) is 62.4 Å². The van der Waals surface area contributed by atoms with Crippen molar-refractivity contribution in [2.75, 3.05) is 18.0 Å². The van der Waals surface area contributed by atoms with Crippen LogP contribution >= 0.6 is 23.2 Å². The van der Waals surface area contributed by atoms with Crippen molar-refractivity contribution in [1.82, 2.24) is 23.8 Å². The van der Waals surface area contributed by atoms with Crippen LogP contribution in [0.5, 0.6) is 0 Å². The Kier molecular flexibility index (Phi) is 7.11. The van der Waals surface area contributed by atoms with Crippen molar-refractivity contribution in [2.45, 2.75) is 42.9 Å². The van der Waals surface area contributed by atoms with Gasteiger partial charge in [-0.1, -0.05) is 47.5 Å². The van der Waals surface area contributed by atoms with Gasteiger partial charge in [-0.3, -0.25) is 9.36 Å². The van der Waals surface area contributed by atoms with E-state index in [1.54, 1.807) is 37.5 Å². The van der Waals surface area contributed by atoms with Crippen molar-refractivity contribution in [3.63, 3.8) is 0 Å². The maximum atomic E-state index is 14.3. The highest BCUT2D eigenvalue weighted by molar-refractivity contribution is 7.89. The maximum Gasteiger partial charge on any atom is 0.260 e. The predicted molar refractivity (Wildman–Crippen MR) is 155 cm³/mol. The van der Waals surface area contributed by atoms with E-state index >= 15 is 0 Å². The van der Waals surface area contributed by atoms with E-state index in [4.69, 9.17) is 23.2 Å². The zero-order valence-electron chi connectivity index (χ0n) is 22.0. The van der Waals surface area contributed by atoms with Crippen molar-refractivity contribution in [1.29, 1.82) is 0 Å². The molecule has 6 rings (SSSR count). The third kappa shape index (κ3) is 4.91. The molecular formula is C28H26Cl2N6O4S. The minimum atomic E-state index is -4.04. The lowest BCUT2D eigenvalue weighted by Crippen LogP contribution is -2.44. The number of benzene rings is 2. The second-order valence-corrected chi connectivity index (χ2v) is 13.2. The fraction of sp³-hybridized carbons (Fsp3) is 0.286. The van der Waals surface area contributed by atoms with Gasteiger partial charge in [0.2, 0.25) is 5.95 Å². The van der Waals surface area contributed by atoms with Crippen LogP contribution in [0.4, 0.5) is 11.6 Å². The zero-order chi connectivity index (χ0) is 28.9. The molecule has 1 amide bonds. The van der Waals surface area contributed by atoms with Crippen molar-refractivity contribution >= 4 is 50.8 Å². The third-order valence-electron chi connectivity index (χ3n) is 7.60. The van der Waals surface area contributed by atoms with E-state index in [1.807, 2.05) is 24.3 Å². The fourth-order valence-corrected chi connectivity index (χ4v) is 7.66. The van der Waals surface area contributed by atoms with Gasteiger partial charge in [0.05, 0.1) is 18.0 Å². The van der Waals surface area contributed by atoms with Crippen LogP contribution in [0, 0.1) is 0 Å². The number of piperidine rings is 1. The number of fused-ring (bicyclic) bond motifs is 1. The lowest BCUT2D eigenvalue weighted by molar-refractivity contribution is -0.124. The number of hydrogen-bond acceptors (Lipinski definition) is 7. The molecule has 0 unspecified atom stereocenters. The number of halogens is 2. The Morgan fingerprint density at radius 2 is 1.61 bits per heavy atom. The number of carbonyl (C=O) groups is 1. The summed E-state index contributed by atoms with van der Waals surface area (Å²) in [6, 6.07) is 12.4. The molecule has 0 aliphatic carbocycles. The van der Waals surface area contributed by atoms with Crippen LogP contribution in [0.15, 0.2) is 72.4 Å². The molecule has 2 aliphatic heterocycles. The van der Waals surface area contributed by atoms with E-state index in [-0.39, 0.29) is 36.4 Å². The molecule has 2 aromatic heterocycles. The molecule has 0 bridgehead atoms. The van der Waals surface area contributed by atoms with Gasteiger partial charge in [0.25, 0.3) is 15.9 Å². The first-order valence-electron chi connectivity index (χ1n) is 13.0. The van der Waals surface area contributed by atoms with E-state index < -0.39 is 21.7 Å². The highest BCUT2D eigenvalue weighted by atomic mass is 35.5. The molecule has 10 nitrogen and oxygen atoms in total. The number of imidazole rings is 1. The molecule has 1 fully saturated rings. The second kappa shape index (κ2) is 10.5. The number of carbonyl (C=O) groups excluding carboxylic acids is 1. The van der Waals surface area contributed by atoms with Gasteiger partial charge in [-0.25, -0.2) is 28.3 Å². The first-order chi connectivity index (χ1) is 19.6. The number of nitrogens with zero attached hydrogens (tertiary/aromatic N) is 6. The lowest BCUT2D eigenvalue weighted by Gasteiger charge is -2.31. The molecule has 0 saturated carbocycles. The number of hydrogen-bond donors (Lipinski definition) is 1. The number of aliphatic hydroxyl groups is 1. The molecule has 2 aliphatic rings. The van der Waals surface area contributed by atoms with Gasteiger partial charge in [-0.05, 0) is 49.1 Å². The number of sulfonamides is 1. The van der Waals surface area contributed by atoms with Crippen molar-refractivity contribution in [2.24, 2.45) is 0 Å². The van der Waals surface area contributed by atoms with Crippen molar-refractivity contribution in [3.8, 4) is 11.1 Å². The Balaban J connectivity index is 1.44. The van der Waals surface area contributed by atoms with Gasteiger partial charge in [-0.15, -0.1) is 0 Å². The summed E-state index contributed by atoms with van der Waals surface area (Å²) in [7, 11) is -4.04. The zero-order valence-corrected chi connectivity index (χ0v) is 24.3. The van der Waals surface area contributed by atoms with Crippen LogP contribution < -0.4 is 4.90 Å². The van der Waals surface area contributed by atoms with Crippen molar-refractivity contribution in [3.05, 3.63) is 83.0 Å². The third-order valence-corrected chi connectivity index (χ3v) is 9.90. The predicted octanol–water partition coefficient (Wildman–Crippen LogP) is 4.43. The first-order valence-corrected chi connectivity index (χ1v) is 15.2. The number of aromatic nitrogens is 4. The van der Waals surface area contributed by atoms with Crippen LogP contribution in [0.25, 0.3) is 11.1 Å². The first kappa shape index (κ1) is 27.8. The van der Waals surface area contributed by atoms with Gasteiger partial charge in [0.1, 0.15) is 11.9 Å². The molecule has 0 radical (unpaired) electrons. The largest absolute Gasteiger partial charge is 0.393 e. The summed E-state index contributed by atoms with van der Waals surface area (Å²) < 4.78 is 30.7. The van der Waals surface area contributed by atoms with Crippen LogP contribution in [-0.2, 0) is 26.8 Å². The molecule has 4 aromatic rings. The minimum absolute atomic E-state index is 0.0894. The van der Waals surface area contributed by atoms with Gasteiger partial charge in [0, 0.05) is 47.5 Å². The number of anilines is 2. The average Bonchev–Trinajstić information content (AvgIpc) is 3.48. The van der Waals surface area contributed by atoms with Gasteiger partial charge in [0.15, 0.2) is 5.03 Å². The minimum Gasteiger partial charge on any atom is -0.393 e. The summed E-state index contributed by atoms with van der Waals surface area (Å²) >= 11 is 12.6. The summed E-state index contributed by atoms with van der Waals surface area (Å²) in [6.07, 6.45) is 6.50. The Bertz CT molecular complexity index is 1700.